The molecule has 0 saturated carbocycles. The molecule has 2 nitrogen and oxygen atoms in total. The van der Waals surface area contributed by atoms with Crippen molar-refractivity contribution >= 4 is 11.3 Å². The van der Waals surface area contributed by atoms with Crippen molar-refractivity contribution in [3.05, 3.63) is 58.3 Å². The Bertz CT molecular complexity index is 637. The summed E-state index contributed by atoms with van der Waals surface area (Å²) in [6, 6.07) is 16.0. The lowest BCUT2D eigenvalue weighted by molar-refractivity contribution is -0.693. The first-order valence-electron chi connectivity index (χ1n) is 10.1. The molecule has 0 unspecified atom stereocenters. The lowest BCUT2D eigenvalue weighted by Gasteiger charge is -2.39. The van der Waals surface area contributed by atoms with E-state index in [1.54, 1.807) is 0 Å². The van der Waals surface area contributed by atoms with Crippen LogP contribution in [0.15, 0.2) is 47.8 Å². The third-order valence-corrected chi connectivity index (χ3v) is 6.87. The van der Waals surface area contributed by atoms with Gasteiger partial charge < -0.3 is 10.1 Å². The van der Waals surface area contributed by atoms with E-state index in [2.05, 4.69) is 73.9 Å². The third-order valence-electron chi connectivity index (χ3n) is 5.79. The molecule has 26 heavy (non-hydrogen) atoms. The fourth-order valence-corrected chi connectivity index (χ4v) is 5.11. The summed E-state index contributed by atoms with van der Waals surface area (Å²) in [4.78, 5) is 1.48. The number of thiophene rings is 1. The molecule has 3 atom stereocenters. The highest BCUT2D eigenvalue weighted by molar-refractivity contribution is 7.10. The summed E-state index contributed by atoms with van der Waals surface area (Å²) in [5.41, 5.74) is 1.51. The second kappa shape index (κ2) is 9.16. The highest BCUT2D eigenvalue weighted by atomic mass is 32.1. The molecule has 3 heteroatoms. The van der Waals surface area contributed by atoms with Gasteiger partial charge in [0.1, 0.15) is 6.04 Å². The number of ether oxygens (including phenoxy) is 1. The third kappa shape index (κ3) is 5.67. The Labute approximate surface area is 163 Å². The van der Waals surface area contributed by atoms with Crippen LogP contribution in [0.25, 0.3) is 0 Å². The van der Waals surface area contributed by atoms with Gasteiger partial charge >= 0.3 is 0 Å². The number of quaternary nitrogens is 1. The lowest BCUT2D eigenvalue weighted by atomic mass is 9.75. The number of hydrogen-bond donors (Lipinski definition) is 1. The van der Waals surface area contributed by atoms with E-state index in [0.717, 1.165) is 18.4 Å². The lowest BCUT2D eigenvalue weighted by Crippen LogP contribution is -2.84. The normalized spacial score (nSPS) is 22.0. The molecule has 0 amide bonds. The van der Waals surface area contributed by atoms with Gasteiger partial charge in [-0.2, -0.15) is 0 Å². The quantitative estimate of drug-likeness (QED) is 0.706. The standard InChI is InChI=1S/C23H33NOS/c1-18(22-10-7-15-26-22)24-13-11-20(16-19-8-5-4-6-9-19)21-12-14-25-23(2,3)17-21/h4-10,15,18,20-21,24H,11-14,16-17H2,1-3H3/p+1/t18-,20-,21-/m1/s1. The Balaban J connectivity index is 1.60. The predicted octanol–water partition coefficient (Wildman–Crippen LogP) is 4.83. The van der Waals surface area contributed by atoms with Crippen LogP contribution in [-0.2, 0) is 11.2 Å². The van der Waals surface area contributed by atoms with E-state index in [9.17, 15) is 0 Å². The number of hydrogen-bond acceptors (Lipinski definition) is 2. The minimum Gasteiger partial charge on any atom is -0.376 e. The van der Waals surface area contributed by atoms with Crippen molar-refractivity contribution in [3.63, 3.8) is 0 Å². The van der Waals surface area contributed by atoms with Gasteiger partial charge in [0, 0.05) is 6.61 Å². The molecule has 2 aromatic rings. The molecule has 142 valence electrons. The van der Waals surface area contributed by atoms with Crippen LogP contribution in [0.5, 0.6) is 0 Å². The van der Waals surface area contributed by atoms with Gasteiger partial charge in [-0.1, -0.05) is 36.4 Å². The molecular weight excluding hydrogens is 338 g/mol. The fourth-order valence-electron chi connectivity index (χ4n) is 4.33. The molecule has 0 aliphatic carbocycles. The van der Waals surface area contributed by atoms with E-state index < -0.39 is 0 Å². The second-order valence-corrected chi connectivity index (χ2v) is 9.41. The molecule has 0 radical (unpaired) electrons. The van der Waals surface area contributed by atoms with Crippen LogP contribution in [-0.4, -0.2) is 18.8 Å². The van der Waals surface area contributed by atoms with Gasteiger partial charge in [0.25, 0.3) is 0 Å². The van der Waals surface area contributed by atoms with Crippen molar-refractivity contribution in [1.29, 1.82) is 0 Å². The van der Waals surface area contributed by atoms with Crippen molar-refractivity contribution in [2.45, 2.75) is 58.1 Å². The molecule has 3 rings (SSSR count). The van der Waals surface area contributed by atoms with E-state index in [4.69, 9.17) is 4.74 Å². The summed E-state index contributed by atoms with van der Waals surface area (Å²) in [6.07, 6.45) is 4.88. The summed E-state index contributed by atoms with van der Waals surface area (Å²) >= 11 is 1.87. The van der Waals surface area contributed by atoms with E-state index in [0.29, 0.717) is 6.04 Å². The molecular formula is C23H34NOS+. The van der Waals surface area contributed by atoms with Gasteiger partial charge in [-0.25, -0.2) is 0 Å². The van der Waals surface area contributed by atoms with Crippen LogP contribution in [0.3, 0.4) is 0 Å². The van der Waals surface area contributed by atoms with Crippen LogP contribution in [0, 0.1) is 11.8 Å². The number of rotatable bonds is 8. The Morgan fingerprint density at radius 3 is 2.69 bits per heavy atom. The largest absolute Gasteiger partial charge is 0.376 e. The minimum atomic E-state index is 0.0336. The molecule has 1 saturated heterocycles. The summed E-state index contributed by atoms with van der Waals surface area (Å²) in [5, 5.41) is 4.70. The molecule has 1 aromatic heterocycles. The van der Waals surface area contributed by atoms with Crippen LogP contribution >= 0.6 is 11.3 Å². The molecule has 1 fully saturated rings. The highest BCUT2D eigenvalue weighted by Gasteiger charge is 2.33. The number of benzene rings is 1. The van der Waals surface area contributed by atoms with Crippen LogP contribution in [0.2, 0.25) is 0 Å². The zero-order valence-corrected chi connectivity index (χ0v) is 17.3. The van der Waals surface area contributed by atoms with Gasteiger partial charge in [0.2, 0.25) is 0 Å². The fraction of sp³-hybridized carbons (Fsp3) is 0.565. The molecule has 0 bridgehead atoms. The molecule has 1 aliphatic rings. The van der Waals surface area contributed by atoms with E-state index in [1.165, 1.54) is 42.7 Å². The Morgan fingerprint density at radius 2 is 2.00 bits per heavy atom. The van der Waals surface area contributed by atoms with Crippen molar-refractivity contribution < 1.29 is 10.1 Å². The van der Waals surface area contributed by atoms with Crippen molar-refractivity contribution in [2.75, 3.05) is 13.2 Å². The van der Waals surface area contributed by atoms with Gasteiger partial charge in [-0.05, 0) is 75.3 Å². The first kappa shape index (κ1) is 19.6. The highest BCUT2D eigenvalue weighted by Crippen LogP contribution is 2.36. The molecule has 1 aromatic carbocycles. The Morgan fingerprint density at radius 1 is 1.19 bits per heavy atom. The average Bonchev–Trinajstić information content (AvgIpc) is 3.15. The van der Waals surface area contributed by atoms with Crippen molar-refractivity contribution in [2.24, 2.45) is 11.8 Å². The van der Waals surface area contributed by atoms with Crippen LogP contribution in [0.4, 0.5) is 0 Å². The molecule has 0 spiro atoms. The topological polar surface area (TPSA) is 25.8 Å². The monoisotopic (exact) mass is 372 g/mol. The van der Waals surface area contributed by atoms with E-state index in [-0.39, 0.29) is 5.60 Å². The predicted molar refractivity (Wildman–Crippen MR) is 111 cm³/mol. The first-order valence-corrected chi connectivity index (χ1v) is 11.0. The van der Waals surface area contributed by atoms with Gasteiger partial charge in [0.15, 0.2) is 0 Å². The zero-order chi connectivity index (χ0) is 18.4. The summed E-state index contributed by atoms with van der Waals surface area (Å²) in [5.74, 6) is 1.51. The summed E-state index contributed by atoms with van der Waals surface area (Å²) in [6.45, 7) is 8.95. The maximum atomic E-state index is 5.98. The van der Waals surface area contributed by atoms with Gasteiger partial charge in [0.05, 0.1) is 17.0 Å². The van der Waals surface area contributed by atoms with E-state index in [1.807, 2.05) is 11.3 Å². The number of nitrogens with two attached hydrogens (primary N) is 1. The maximum Gasteiger partial charge on any atom is 0.118 e. The summed E-state index contributed by atoms with van der Waals surface area (Å²) in [7, 11) is 0. The second-order valence-electron chi connectivity index (χ2n) is 8.43. The smallest absolute Gasteiger partial charge is 0.118 e. The zero-order valence-electron chi connectivity index (χ0n) is 16.5. The van der Waals surface area contributed by atoms with Crippen LogP contribution in [0.1, 0.15) is 56.5 Å². The maximum absolute atomic E-state index is 5.98. The summed E-state index contributed by atoms with van der Waals surface area (Å²) < 4.78 is 5.98. The molecule has 2 N–H and O–H groups in total. The molecule has 1 aliphatic heterocycles. The minimum absolute atomic E-state index is 0.0336. The first-order chi connectivity index (χ1) is 12.5. The van der Waals surface area contributed by atoms with Gasteiger partial charge in [-0.3, -0.25) is 0 Å². The SMILES string of the molecule is C[C@@H]([NH2+]CC[C@H](Cc1ccccc1)[C@@H]1CCOC(C)(C)C1)c1cccs1. The Hall–Kier alpha value is -1.16. The molecule has 2 heterocycles. The van der Waals surface area contributed by atoms with Crippen LogP contribution < -0.4 is 5.32 Å². The van der Waals surface area contributed by atoms with Crippen molar-refractivity contribution in [3.8, 4) is 0 Å². The average molecular weight is 373 g/mol. The Kier molecular flexibility index (Phi) is 6.91. The van der Waals surface area contributed by atoms with Gasteiger partial charge in [-0.15, -0.1) is 11.3 Å². The van der Waals surface area contributed by atoms with Crippen molar-refractivity contribution in [1.82, 2.24) is 0 Å². The van der Waals surface area contributed by atoms with E-state index >= 15 is 0 Å².